The lowest BCUT2D eigenvalue weighted by Crippen LogP contribution is -2.48. The average molecular weight is 428 g/mol. The van der Waals surface area contributed by atoms with E-state index in [1.165, 1.54) is 12.8 Å². The van der Waals surface area contributed by atoms with E-state index < -0.39 is 0 Å². The summed E-state index contributed by atoms with van der Waals surface area (Å²) in [4.78, 5) is 41.5. The standard InChI is InChI=1S/C24H33N3O4/c1-16-13-26(14-17(2)31-16)24(30)19-9-7-18(8-10-19)12-25-23(29)20-11-22(28)27(15-20)21-5-3-4-6-21/h7-10,16-17,20-21H,3-6,11-15H2,1-2H3,(H,25,29). The molecule has 0 spiro atoms. The summed E-state index contributed by atoms with van der Waals surface area (Å²) in [6, 6.07) is 7.72. The summed E-state index contributed by atoms with van der Waals surface area (Å²) in [7, 11) is 0. The quantitative estimate of drug-likeness (QED) is 0.782. The van der Waals surface area contributed by atoms with Crippen LogP contribution in [0.15, 0.2) is 24.3 Å². The molecule has 3 unspecified atom stereocenters. The van der Waals surface area contributed by atoms with Gasteiger partial charge in [-0.2, -0.15) is 0 Å². The van der Waals surface area contributed by atoms with Crippen LogP contribution in [0.4, 0.5) is 0 Å². The van der Waals surface area contributed by atoms with Gasteiger partial charge >= 0.3 is 0 Å². The summed E-state index contributed by atoms with van der Waals surface area (Å²) in [6.07, 6.45) is 4.86. The topological polar surface area (TPSA) is 79.0 Å². The number of likely N-dealkylation sites (tertiary alicyclic amines) is 1. The maximum atomic E-state index is 12.8. The second-order valence-electron chi connectivity index (χ2n) is 9.27. The lowest BCUT2D eigenvalue weighted by Gasteiger charge is -2.35. The van der Waals surface area contributed by atoms with E-state index in [1.54, 1.807) is 0 Å². The van der Waals surface area contributed by atoms with Gasteiger partial charge in [-0.1, -0.05) is 25.0 Å². The lowest BCUT2D eigenvalue weighted by atomic mass is 10.1. The Bertz CT molecular complexity index is 809. The largest absolute Gasteiger partial charge is 0.372 e. The fraction of sp³-hybridized carbons (Fsp3) is 0.625. The molecular formula is C24H33N3O4. The van der Waals surface area contributed by atoms with Gasteiger partial charge in [0, 0.05) is 44.2 Å². The van der Waals surface area contributed by atoms with Crippen molar-refractivity contribution in [3.8, 4) is 0 Å². The molecule has 1 saturated carbocycles. The van der Waals surface area contributed by atoms with Crippen molar-refractivity contribution in [1.29, 1.82) is 0 Å². The Morgan fingerprint density at radius 3 is 2.32 bits per heavy atom. The lowest BCUT2D eigenvalue weighted by molar-refractivity contribution is -0.130. The number of amides is 3. The Kier molecular flexibility index (Phi) is 6.60. The molecule has 1 aromatic rings. The second-order valence-corrected chi connectivity index (χ2v) is 9.27. The van der Waals surface area contributed by atoms with Gasteiger partial charge in [0.25, 0.3) is 5.91 Å². The van der Waals surface area contributed by atoms with Crippen molar-refractivity contribution >= 4 is 17.7 Å². The molecule has 31 heavy (non-hydrogen) atoms. The molecule has 2 aliphatic heterocycles. The van der Waals surface area contributed by atoms with Crippen molar-refractivity contribution in [2.45, 2.75) is 70.7 Å². The van der Waals surface area contributed by atoms with Gasteiger partial charge in [-0.05, 0) is 44.4 Å². The first kappa shape index (κ1) is 21.8. The van der Waals surface area contributed by atoms with Gasteiger partial charge in [-0.25, -0.2) is 0 Å². The van der Waals surface area contributed by atoms with Crippen LogP contribution < -0.4 is 5.32 Å². The molecular weight excluding hydrogens is 394 g/mol. The summed E-state index contributed by atoms with van der Waals surface area (Å²) in [5.41, 5.74) is 1.58. The predicted octanol–water partition coefficient (Wildman–Crippen LogP) is 2.34. The second kappa shape index (κ2) is 9.39. The Morgan fingerprint density at radius 2 is 1.68 bits per heavy atom. The zero-order chi connectivity index (χ0) is 22.0. The van der Waals surface area contributed by atoms with Crippen molar-refractivity contribution in [3.63, 3.8) is 0 Å². The van der Waals surface area contributed by atoms with Crippen LogP contribution in [0.1, 0.15) is 61.9 Å². The first-order chi connectivity index (χ1) is 14.9. The van der Waals surface area contributed by atoms with Crippen molar-refractivity contribution in [2.24, 2.45) is 5.92 Å². The highest BCUT2D eigenvalue weighted by Crippen LogP contribution is 2.29. The maximum absolute atomic E-state index is 12.8. The van der Waals surface area contributed by atoms with Crippen molar-refractivity contribution in [2.75, 3.05) is 19.6 Å². The summed E-state index contributed by atoms with van der Waals surface area (Å²) in [6.45, 7) is 6.09. The van der Waals surface area contributed by atoms with E-state index in [4.69, 9.17) is 4.74 Å². The molecule has 0 bridgehead atoms. The number of nitrogens with one attached hydrogen (secondary N) is 1. The Balaban J connectivity index is 1.28. The Morgan fingerprint density at radius 1 is 1.03 bits per heavy atom. The summed E-state index contributed by atoms with van der Waals surface area (Å²) >= 11 is 0. The predicted molar refractivity (Wildman–Crippen MR) is 116 cm³/mol. The average Bonchev–Trinajstić information content (AvgIpc) is 3.40. The number of hydrogen-bond donors (Lipinski definition) is 1. The van der Waals surface area contributed by atoms with E-state index in [1.807, 2.05) is 47.9 Å². The van der Waals surface area contributed by atoms with Crippen LogP contribution in [0.3, 0.4) is 0 Å². The molecule has 0 aromatic heterocycles. The smallest absolute Gasteiger partial charge is 0.254 e. The van der Waals surface area contributed by atoms with Gasteiger partial charge in [-0.3, -0.25) is 14.4 Å². The minimum atomic E-state index is -0.265. The summed E-state index contributed by atoms with van der Waals surface area (Å²) in [5, 5.41) is 2.97. The van der Waals surface area contributed by atoms with E-state index in [0.717, 1.165) is 18.4 Å². The van der Waals surface area contributed by atoms with E-state index in [2.05, 4.69) is 5.32 Å². The third kappa shape index (κ3) is 5.09. The molecule has 1 aliphatic carbocycles. The fourth-order valence-electron chi connectivity index (χ4n) is 5.10. The molecule has 3 fully saturated rings. The van der Waals surface area contributed by atoms with Crippen LogP contribution in [0, 0.1) is 5.92 Å². The third-order valence-corrected chi connectivity index (χ3v) is 6.67. The zero-order valence-electron chi connectivity index (χ0n) is 18.5. The number of ether oxygens (including phenoxy) is 1. The van der Waals surface area contributed by atoms with Gasteiger partial charge in [0.05, 0.1) is 18.1 Å². The maximum Gasteiger partial charge on any atom is 0.254 e. The summed E-state index contributed by atoms with van der Waals surface area (Å²) in [5.74, 6) is -0.208. The van der Waals surface area contributed by atoms with Crippen LogP contribution in [0.25, 0.3) is 0 Å². The molecule has 3 amide bonds. The van der Waals surface area contributed by atoms with Gasteiger partial charge in [0.15, 0.2) is 0 Å². The SMILES string of the molecule is CC1CN(C(=O)c2ccc(CNC(=O)C3CC(=O)N(C4CCCC4)C3)cc2)CC(C)O1. The highest BCUT2D eigenvalue weighted by Gasteiger charge is 2.38. The number of morpholine rings is 1. The molecule has 7 nitrogen and oxygen atoms in total. The fourth-order valence-corrected chi connectivity index (χ4v) is 5.10. The van der Waals surface area contributed by atoms with Gasteiger partial charge < -0.3 is 19.9 Å². The van der Waals surface area contributed by atoms with Gasteiger partial charge in [0.2, 0.25) is 11.8 Å². The molecule has 1 N–H and O–H groups in total. The van der Waals surface area contributed by atoms with Gasteiger partial charge in [0.1, 0.15) is 0 Å². The minimum Gasteiger partial charge on any atom is -0.372 e. The molecule has 3 aliphatic rings. The highest BCUT2D eigenvalue weighted by atomic mass is 16.5. The summed E-state index contributed by atoms with van der Waals surface area (Å²) < 4.78 is 5.70. The van der Waals surface area contributed by atoms with Crippen LogP contribution in [0.2, 0.25) is 0 Å². The van der Waals surface area contributed by atoms with Crippen LogP contribution in [-0.2, 0) is 20.9 Å². The number of carbonyl (C=O) groups excluding carboxylic acids is 3. The molecule has 3 atom stereocenters. The molecule has 7 heteroatoms. The number of carbonyl (C=O) groups is 3. The first-order valence-electron chi connectivity index (χ1n) is 11.5. The number of benzene rings is 1. The van der Waals surface area contributed by atoms with E-state index in [9.17, 15) is 14.4 Å². The monoisotopic (exact) mass is 427 g/mol. The van der Waals surface area contributed by atoms with Crippen LogP contribution in [0.5, 0.6) is 0 Å². The van der Waals surface area contributed by atoms with E-state index in [0.29, 0.717) is 44.2 Å². The van der Waals surface area contributed by atoms with Crippen LogP contribution >= 0.6 is 0 Å². The van der Waals surface area contributed by atoms with Crippen molar-refractivity contribution < 1.29 is 19.1 Å². The number of rotatable bonds is 5. The highest BCUT2D eigenvalue weighted by molar-refractivity contribution is 5.94. The van der Waals surface area contributed by atoms with Crippen molar-refractivity contribution in [1.82, 2.24) is 15.1 Å². The normalized spacial score (nSPS) is 27.0. The molecule has 2 saturated heterocycles. The molecule has 0 radical (unpaired) electrons. The molecule has 2 heterocycles. The first-order valence-corrected chi connectivity index (χ1v) is 11.5. The Labute approximate surface area is 184 Å². The van der Waals surface area contributed by atoms with E-state index >= 15 is 0 Å². The van der Waals surface area contributed by atoms with E-state index in [-0.39, 0.29) is 35.8 Å². The molecule has 4 rings (SSSR count). The minimum absolute atomic E-state index is 0.00839. The van der Waals surface area contributed by atoms with Crippen LogP contribution in [-0.4, -0.2) is 65.4 Å². The molecule has 1 aromatic carbocycles. The number of hydrogen-bond acceptors (Lipinski definition) is 4. The molecule has 168 valence electrons. The zero-order valence-corrected chi connectivity index (χ0v) is 18.5. The van der Waals surface area contributed by atoms with Gasteiger partial charge in [-0.15, -0.1) is 0 Å². The number of nitrogens with zero attached hydrogens (tertiary/aromatic N) is 2. The Hall–Kier alpha value is -2.41. The van der Waals surface area contributed by atoms with Crippen molar-refractivity contribution in [3.05, 3.63) is 35.4 Å². The third-order valence-electron chi connectivity index (χ3n) is 6.67.